The van der Waals surface area contributed by atoms with E-state index in [1.807, 2.05) is 39.0 Å². The fourth-order valence-corrected chi connectivity index (χ4v) is 6.16. The Morgan fingerprint density at radius 3 is 1.21 bits per heavy atom. The second kappa shape index (κ2) is 15.9. The first-order valence-corrected chi connectivity index (χ1v) is 17.7. The van der Waals surface area contributed by atoms with Crippen LogP contribution in [0.2, 0.25) is 0 Å². The molecule has 0 bridgehead atoms. The third-order valence-electron chi connectivity index (χ3n) is 7.16. The van der Waals surface area contributed by atoms with E-state index in [1.54, 1.807) is 0 Å². The van der Waals surface area contributed by atoms with Gasteiger partial charge >= 0.3 is 216 Å². The minimum Gasteiger partial charge on any atom is -0.238 e. The summed E-state index contributed by atoms with van der Waals surface area (Å²) in [7, 11) is 0. The largest absolute Gasteiger partial charge is 0.238 e. The Morgan fingerprint density at radius 2 is 0.884 bits per heavy atom. The van der Waals surface area contributed by atoms with Crippen molar-refractivity contribution in [1.29, 1.82) is 0 Å². The summed E-state index contributed by atoms with van der Waals surface area (Å²) in [5.41, 5.74) is 14.4. The summed E-state index contributed by atoms with van der Waals surface area (Å²) in [5.74, 6) is 0. The molecule has 0 radical (unpaired) electrons. The van der Waals surface area contributed by atoms with Gasteiger partial charge in [-0.3, -0.25) is 0 Å². The maximum atomic E-state index is 6.85. The smallest absolute Gasteiger partial charge is 0.193 e. The monoisotopic (exact) mass is 724 g/mol. The predicted octanol–water partition coefficient (Wildman–Crippen LogP) is 11.4. The Labute approximate surface area is 275 Å². The molecule has 0 aliphatic heterocycles. The van der Waals surface area contributed by atoms with E-state index in [0.717, 1.165) is 83.4 Å². The average molecular weight is 725 g/mol. The fraction of sp³-hybridized carbons (Fsp3) is 0.243. The molecule has 0 fully saturated rings. The number of benzene rings is 4. The summed E-state index contributed by atoms with van der Waals surface area (Å²) in [6.07, 6.45) is 0. The summed E-state index contributed by atoms with van der Waals surface area (Å²) in [6.45, 7) is 25.4. The van der Waals surface area contributed by atoms with Crippen LogP contribution < -0.4 is 0 Å². The first kappa shape index (κ1) is 34.1. The Bertz CT molecular complexity index is 1680. The average Bonchev–Trinajstić information content (AvgIpc) is 2.96. The van der Waals surface area contributed by atoms with Gasteiger partial charge in [-0.2, -0.15) is 0 Å². The third-order valence-corrected chi connectivity index (χ3v) is 9.01. The first-order chi connectivity index (χ1) is 20.5. The molecule has 0 aromatic heterocycles. The van der Waals surface area contributed by atoms with Gasteiger partial charge < -0.3 is 0 Å². The molecule has 0 heterocycles. The maximum absolute atomic E-state index is 6.85. The van der Waals surface area contributed by atoms with Crippen LogP contribution >= 0.6 is 20.5 Å². The number of hydrogen-bond acceptors (Lipinski definition) is 3. The molecule has 0 aliphatic rings. The zero-order valence-electron chi connectivity index (χ0n) is 26.4. The molecule has 224 valence electrons. The second-order valence-electron chi connectivity index (χ2n) is 10.7. The topological polar surface area (TPSA) is 41.4 Å². The van der Waals surface area contributed by atoms with Crippen molar-refractivity contribution in [3.8, 4) is 0 Å². The standard InChI is InChI=1S/C28H30N3.C9H9N.HI.Ni/c1-18-11-8-12-19(2)26(18)29-17-25(31-28-22(5)15-10-16-23(28)6)24(7)30-27-20(3)13-9-14-21(27)4;1-7-5-4-6-8(2)9(7)10-3;;/h8-16H,1-7H3;4-6H,1-2H3;1H;/q;;;+1/p-1. The number of rotatable bonds is 6. The number of halogens is 1. The van der Waals surface area contributed by atoms with E-state index < -0.39 is 0 Å². The van der Waals surface area contributed by atoms with Crippen LogP contribution in [0.15, 0.2) is 87.8 Å². The van der Waals surface area contributed by atoms with Crippen LogP contribution in [0.25, 0.3) is 4.85 Å². The van der Waals surface area contributed by atoms with Gasteiger partial charge in [0.15, 0.2) is 5.69 Å². The molecular formula is C37H39IN4Ni. The number of hydrogen-bond donors (Lipinski definition) is 0. The molecule has 0 amide bonds. The van der Waals surface area contributed by atoms with E-state index in [0.29, 0.717) is 0 Å². The van der Waals surface area contributed by atoms with Gasteiger partial charge in [-0.15, -0.1) is 0 Å². The Morgan fingerprint density at radius 1 is 0.558 bits per heavy atom. The van der Waals surface area contributed by atoms with Crippen molar-refractivity contribution in [3.05, 3.63) is 129 Å². The summed E-state index contributed by atoms with van der Waals surface area (Å²) >= 11 is 3.69. The Hall–Kier alpha value is -3.40. The van der Waals surface area contributed by atoms with E-state index in [-0.39, 0.29) is 0 Å². The van der Waals surface area contributed by atoms with E-state index >= 15 is 0 Å². The molecular weight excluding hydrogens is 686 g/mol. The molecule has 4 nitrogen and oxygen atoms in total. The summed E-state index contributed by atoms with van der Waals surface area (Å²) in [4.78, 5) is 18.8. The summed E-state index contributed by atoms with van der Waals surface area (Å²) in [5, 5.41) is 0. The Kier molecular flexibility index (Phi) is 12.6. The normalized spacial score (nSPS) is 12.1. The summed E-state index contributed by atoms with van der Waals surface area (Å²) in [6, 6.07) is 24.7. The third kappa shape index (κ3) is 8.81. The fourth-order valence-electron chi connectivity index (χ4n) is 4.71. The number of aliphatic imine (C=N–C) groups is 3. The van der Waals surface area contributed by atoms with E-state index in [1.165, 1.54) is 11.3 Å². The van der Waals surface area contributed by atoms with Crippen molar-refractivity contribution >= 4 is 59.3 Å². The van der Waals surface area contributed by atoms with Crippen LogP contribution in [0.4, 0.5) is 22.7 Å². The van der Waals surface area contributed by atoms with Gasteiger partial charge in [0.1, 0.15) is 0 Å². The van der Waals surface area contributed by atoms with E-state index in [9.17, 15) is 0 Å². The van der Waals surface area contributed by atoms with E-state index in [2.05, 4.69) is 121 Å². The molecule has 4 aromatic carbocycles. The van der Waals surface area contributed by atoms with Gasteiger partial charge in [-0.25, -0.2) is 4.85 Å². The second-order valence-corrected chi connectivity index (χ2v) is 12.7. The van der Waals surface area contributed by atoms with Crippen LogP contribution in [0.3, 0.4) is 0 Å². The van der Waals surface area contributed by atoms with Crippen molar-refractivity contribution < 1.29 is 11.3 Å². The maximum Gasteiger partial charge on any atom is 0.193 e. The van der Waals surface area contributed by atoms with Crippen LogP contribution in [0.5, 0.6) is 0 Å². The van der Waals surface area contributed by atoms with Gasteiger partial charge in [-0.1, -0.05) is 18.2 Å². The van der Waals surface area contributed by atoms with Crippen LogP contribution in [0, 0.1) is 62.0 Å². The SMILES string of the molecule is CC(=Nc1c(C)cccc1C)C(=Nc1c(C)cccc1C)[C](=Nc1c(C)cccc1C)[Ni][I].[C-]#[N+]c1c(C)cccc1C. The number of para-hydroxylation sites is 4. The molecule has 0 spiro atoms. The molecule has 0 atom stereocenters. The van der Waals surface area contributed by atoms with Gasteiger partial charge in [-0.05, 0) is 25.0 Å². The van der Waals surface area contributed by atoms with Crippen molar-refractivity contribution in [2.45, 2.75) is 62.3 Å². The molecule has 0 saturated heterocycles. The molecule has 0 aliphatic carbocycles. The molecule has 4 rings (SSSR count). The van der Waals surface area contributed by atoms with Gasteiger partial charge in [0.2, 0.25) is 0 Å². The van der Waals surface area contributed by atoms with Crippen LogP contribution in [-0.4, -0.2) is 16.1 Å². The van der Waals surface area contributed by atoms with Gasteiger partial charge in [0.25, 0.3) is 0 Å². The van der Waals surface area contributed by atoms with Crippen molar-refractivity contribution in [1.82, 2.24) is 0 Å². The zero-order chi connectivity index (χ0) is 31.7. The molecule has 0 N–H and O–H groups in total. The minimum absolute atomic E-state index is 0.794. The predicted molar refractivity (Wildman–Crippen MR) is 191 cm³/mol. The van der Waals surface area contributed by atoms with Gasteiger partial charge in [0.05, 0.1) is 6.57 Å². The van der Waals surface area contributed by atoms with Crippen LogP contribution in [0.1, 0.15) is 51.4 Å². The van der Waals surface area contributed by atoms with Crippen molar-refractivity contribution in [2.24, 2.45) is 15.0 Å². The molecule has 4 aromatic rings. The number of aryl methyl sites for hydroxylation is 8. The van der Waals surface area contributed by atoms with E-state index in [4.69, 9.17) is 21.5 Å². The zero-order valence-corrected chi connectivity index (χ0v) is 29.6. The van der Waals surface area contributed by atoms with Crippen molar-refractivity contribution in [2.75, 3.05) is 0 Å². The number of nitrogens with zero attached hydrogens (tertiary/aromatic N) is 4. The minimum atomic E-state index is 0.794. The quantitative estimate of drug-likeness (QED) is 0.0822. The molecule has 0 saturated carbocycles. The first-order valence-electron chi connectivity index (χ1n) is 14.0. The molecule has 6 heteroatoms. The molecule has 0 unspecified atom stereocenters. The molecule has 43 heavy (non-hydrogen) atoms. The Balaban J connectivity index is 0.000000428. The van der Waals surface area contributed by atoms with Crippen LogP contribution in [-0.2, 0) is 11.3 Å². The summed E-state index contributed by atoms with van der Waals surface area (Å²) < 4.78 is 0.871. The van der Waals surface area contributed by atoms with Crippen molar-refractivity contribution in [3.63, 3.8) is 0 Å². The van der Waals surface area contributed by atoms with Gasteiger partial charge in [0, 0.05) is 0 Å².